The van der Waals surface area contributed by atoms with Crippen molar-refractivity contribution >= 4 is 23.4 Å². The molecule has 0 spiro atoms. The van der Waals surface area contributed by atoms with E-state index >= 15 is 0 Å². The lowest BCUT2D eigenvalue weighted by Gasteiger charge is -2.22. The van der Waals surface area contributed by atoms with Gasteiger partial charge in [-0.05, 0) is 25.5 Å². The quantitative estimate of drug-likeness (QED) is 0.795. The third-order valence-electron chi connectivity index (χ3n) is 2.51. The molecule has 0 unspecified atom stereocenters. The van der Waals surface area contributed by atoms with E-state index in [1.54, 1.807) is 6.07 Å². The molecule has 94 valence electrons. The van der Waals surface area contributed by atoms with Crippen LogP contribution in [0.3, 0.4) is 0 Å². The third kappa shape index (κ3) is 3.89. The number of aromatic nitrogens is 1. The van der Waals surface area contributed by atoms with Gasteiger partial charge in [-0.15, -0.1) is 0 Å². The second kappa shape index (κ2) is 6.45. The fourth-order valence-corrected chi connectivity index (χ4v) is 1.76. The summed E-state index contributed by atoms with van der Waals surface area (Å²) in [7, 11) is 0. The molecule has 0 radical (unpaired) electrons. The topological polar surface area (TPSA) is 53.4 Å². The summed E-state index contributed by atoms with van der Waals surface area (Å²) in [5, 5.41) is 9.18. The SMILES string of the molecule is CCCCN(CC)c1cc(C(=O)O)cc(Cl)n1. The first-order valence-electron chi connectivity index (χ1n) is 5.74. The molecule has 0 aliphatic rings. The Bertz CT molecular complexity index is 396. The number of carboxylic acids is 1. The minimum atomic E-state index is -0.984. The monoisotopic (exact) mass is 256 g/mol. The Morgan fingerprint density at radius 3 is 2.71 bits per heavy atom. The average molecular weight is 257 g/mol. The molecule has 1 N–H and O–H groups in total. The van der Waals surface area contributed by atoms with Crippen molar-refractivity contribution in [3.63, 3.8) is 0 Å². The molecule has 1 rings (SSSR count). The van der Waals surface area contributed by atoms with Crippen molar-refractivity contribution in [1.29, 1.82) is 0 Å². The van der Waals surface area contributed by atoms with Crippen LogP contribution in [0.2, 0.25) is 5.15 Å². The molecule has 0 saturated carbocycles. The van der Waals surface area contributed by atoms with Gasteiger partial charge in [-0.3, -0.25) is 0 Å². The number of nitrogens with zero attached hydrogens (tertiary/aromatic N) is 2. The highest BCUT2D eigenvalue weighted by molar-refractivity contribution is 6.29. The summed E-state index contributed by atoms with van der Waals surface area (Å²) in [5.41, 5.74) is 0.176. The van der Waals surface area contributed by atoms with E-state index in [-0.39, 0.29) is 10.7 Å². The number of hydrogen-bond acceptors (Lipinski definition) is 3. The molecule has 1 aromatic rings. The average Bonchev–Trinajstić information content (AvgIpc) is 2.29. The first kappa shape index (κ1) is 13.8. The lowest BCUT2D eigenvalue weighted by Crippen LogP contribution is -2.25. The normalized spacial score (nSPS) is 10.3. The lowest BCUT2D eigenvalue weighted by atomic mass is 10.2. The molecule has 0 fully saturated rings. The first-order chi connectivity index (χ1) is 8.08. The Kier molecular flexibility index (Phi) is 5.22. The summed E-state index contributed by atoms with van der Waals surface area (Å²) < 4.78 is 0. The highest BCUT2D eigenvalue weighted by atomic mass is 35.5. The van der Waals surface area contributed by atoms with Crippen LogP contribution in [0.1, 0.15) is 37.0 Å². The molecule has 0 aliphatic heterocycles. The summed E-state index contributed by atoms with van der Waals surface area (Å²) in [4.78, 5) is 17.1. The van der Waals surface area contributed by atoms with E-state index in [2.05, 4.69) is 11.9 Å². The highest BCUT2D eigenvalue weighted by Crippen LogP contribution is 2.18. The van der Waals surface area contributed by atoms with E-state index in [1.165, 1.54) is 6.07 Å². The Hall–Kier alpha value is -1.29. The second-order valence-electron chi connectivity index (χ2n) is 3.78. The molecular formula is C12H17ClN2O2. The fourth-order valence-electron chi connectivity index (χ4n) is 1.55. The maximum atomic E-state index is 10.9. The van der Waals surface area contributed by atoms with Crippen LogP contribution >= 0.6 is 11.6 Å². The molecule has 17 heavy (non-hydrogen) atoms. The molecule has 4 nitrogen and oxygen atoms in total. The van der Waals surface area contributed by atoms with Crippen LogP contribution in [-0.4, -0.2) is 29.1 Å². The molecule has 1 aromatic heterocycles. The van der Waals surface area contributed by atoms with Crippen LogP contribution in [0.25, 0.3) is 0 Å². The highest BCUT2D eigenvalue weighted by Gasteiger charge is 2.11. The van der Waals surface area contributed by atoms with Crippen LogP contribution in [0.15, 0.2) is 12.1 Å². The number of unbranched alkanes of at least 4 members (excludes halogenated alkanes) is 1. The number of rotatable bonds is 6. The number of carbonyl (C=O) groups is 1. The van der Waals surface area contributed by atoms with E-state index < -0.39 is 5.97 Å². The predicted molar refractivity (Wildman–Crippen MR) is 69.0 cm³/mol. The lowest BCUT2D eigenvalue weighted by molar-refractivity contribution is 0.0697. The second-order valence-corrected chi connectivity index (χ2v) is 4.16. The van der Waals surface area contributed by atoms with E-state index in [0.29, 0.717) is 5.82 Å². The van der Waals surface area contributed by atoms with Crippen LogP contribution < -0.4 is 4.90 Å². The standard InChI is InChI=1S/C12H17ClN2O2/c1-3-5-6-15(4-2)11-8-9(12(16)17)7-10(13)14-11/h7-8H,3-6H2,1-2H3,(H,16,17). The number of aromatic carboxylic acids is 1. The van der Waals surface area contributed by atoms with Crippen LogP contribution in [0.5, 0.6) is 0 Å². The molecule has 0 amide bonds. The minimum absolute atomic E-state index is 0.176. The van der Waals surface area contributed by atoms with Gasteiger partial charge in [-0.1, -0.05) is 24.9 Å². The summed E-state index contributed by atoms with van der Waals surface area (Å²) in [6, 6.07) is 2.93. The van der Waals surface area contributed by atoms with E-state index in [9.17, 15) is 4.79 Å². The van der Waals surface area contributed by atoms with Gasteiger partial charge in [-0.25, -0.2) is 9.78 Å². The van der Waals surface area contributed by atoms with Gasteiger partial charge in [0.2, 0.25) is 0 Å². The van der Waals surface area contributed by atoms with E-state index in [0.717, 1.165) is 25.9 Å². The van der Waals surface area contributed by atoms with E-state index in [4.69, 9.17) is 16.7 Å². The Morgan fingerprint density at radius 2 is 2.18 bits per heavy atom. The van der Waals surface area contributed by atoms with Gasteiger partial charge in [0.15, 0.2) is 0 Å². The van der Waals surface area contributed by atoms with Gasteiger partial charge in [-0.2, -0.15) is 0 Å². The molecule has 5 heteroatoms. The maximum Gasteiger partial charge on any atom is 0.335 e. The molecule has 0 atom stereocenters. The summed E-state index contributed by atoms with van der Waals surface area (Å²) in [6.07, 6.45) is 2.13. The number of hydrogen-bond donors (Lipinski definition) is 1. The number of pyridine rings is 1. The first-order valence-corrected chi connectivity index (χ1v) is 6.12. The minimum Gasteiger partial charge on any atom is -0.478 e. The van der Waals surface area contributed by atoms with Crippen molar-refractivity contribution < 1.29 is 9.90 Å². The molecule has 0 aliphatic carbocycles. The summed E-state index contributed by atoms with van der Waals surface area (Å²) >= 11 is 5.83. The molecule has 1 heterocycles. The largest absolute Gasteiger partial charge is 0.478 e. The smallest absolute Gasteiger partial charge is 0.335 e. The predicted octanol–water partition coefficient (Wildman–Crippen LogP) is 3.06. The number of carboxylic acid groups (broad SMARTS) is 1. The van der Waals surface area contributed by atoms with Crippen molar-refractivity contribution in [3.05, 3.63) is 22.8 Å². The van der Waals surface area contributed by atoms with Crippen LogP contribution in [-0.2, 0) is 0 Å². The van der Waals surface area contributed by atoms with Gasteiger partial charge in [0, 0.05) is 13.1 Å². The summed E-state index contributed by atoms with van der Waals surface area (Å²) in [5.74, 6) is -0.354. The Balaban J connectivity index is 2.98. The van der Waals surface area contributed by atoms with Crippen molar-refractivity contribution in [2.45, 2.75) is 26.7 Å². The van der Waals surface area contributed by atoms with Gasteiger partial charge in [0.25, 0.3) is 0 Å². The molecular weight excluding hydrogens is 240 g/mol. The molecule has 0 bridgehead atoms. The summed E-state index contributed by atoms with van der Waals surface area (Å²) in [6.45, 7) is 5.77. The molecule has 0 saturated heterocycles. The van der Waals surface area contributed by atoms with Crippen molar-refractivity contribution in [2.24, 2.45) is 0 Å². The number of anilines is 1. The van der Waals surface area contributed by atoms with Crippen LogP contribution in [0.4, 0.5) is 5.82 Å². The Morgan fingerprint density at radius 1 is 1.47 bits per heavy atom. The zero-order chi connectivity index (χ0) is 12.8. The molecule has 0 aromatic carbocycles. The number of halogens is 1. The zero-order valence-corrected chi connectivity index (χ0v) is 10.9. The van der Waals surface area contributed by atoms with Gasteiger partial charge < -0.3 is 10.0 Å². The van der Waals surface area contributed by atoms with Gasteiger partial charge in [0.05, 0.1) is 5.56 Å². The third-order valence-corrected chi connectivity index (χ3v) is 2.71. The maximum absolute atomic E-state index is 10.9. The Labute approximate surface area is 106 Å². The van der Waals surface area contributed by atoms with Gasteiger partial charge in [0.1, 0.15) is 11.0 Å². The van der Waals surface area contributed by atoms with Crippen molar-refractivity contribution in [2.75, 3.05) is 18.0 Å². The van der Waals surface area contributed by atoms with Gasteiger partial charge >= 0.3 is 5.97 Å². The fraction of sp³-hybridized carbons (Fsp3) is 0.500. The van der Waals surface area contributed by atoms with E-state index in [1.807, 2.05) is 11.8 Å². The van der Waals surface area contributed by atoms with Crippen molar-refractivity contribution in [3.8, 4) is 0 Å². The van der Waals surface area contributed by atoms with Crippen molar-refractivity contribution in [1.82, 2.24) is 4.98 Å². The zero-order valence-electron chi connectivity index (χ0n) is 10.1. The van der Waals surface area contributed by atoms with Crippen LogP contribution in [0, 0.1) is 0 Å².